The highest BCUT2D eigenvalue weighted by Gasteiger charge is 2.44. The second-order valence-corrected chi connectivity index (χ2v) is 10.8. The molecule has 10 heteroatoms. The smallest absolute Gasteiger partial charge is 0.420 e. The van der Waals surface area contributed by atoms with Crippen molar-refractivity contribution in [2.24, 2.45) is 0 Å². The minimum Gasteiger partial charge on any atom is -0.484 e. The maximum absolute atomic E-state index is 13.4. The zero-order valence-electron chi connectivity index (χ0n) is 23.1. The number of rotatable bonds is 6. The van der Waals surface area contributed by atoms with Crippen LogP contribution < -0.4 is 4.74 Å². The molecule has 1 fully saturated rings. The van der Waals surface area contributed by atoms with Crippen LogP contribution in [0.25, 0.3) is 0 Å². The molecule has 2 amide bonds. The van der Waals surface area contributed by atoms with Gasteiger partial charge in [0.2, 0.25) is 0 Å². The van der Waals surface area contributed by atoms with Gasteiger partial charge in [0.15, 0.2) is 12.1 Å². The normalized spacial score (nSPS) is 23.1. The Kier molecular flexibility index (Phi) is 10.8. The molecule has 0 spiro atoms. The number of benzene rings is 1. The van der Waals surface area contributed by atoms with Crippen LogP contribution >= 0.6 is 0 Å². The lowest BCUT2D eigenvalue weighted by Gasteiger charge is -2.32. The van der Waals surface area contributed by atoms with Crippen molar-refractivity contribution in [1.82, 2.24) is 4.90 Å². The first-order valence-electron chi connectivity index (χ1n) is 12.6. The van der Waals surface area contributed by atoms with Crippen LogP contribution in [0.4, 0.5) is 9.59 Å². The van der Waals surface area contributed by atoms with Gasteiger partial charge in [-0.15, -0.1) is 0 Å². The molecule has 1 saturated heterocycles. The lowest BCUT2D eigenvalue weighted by Crippen LogP contribution is -2.54. The SMILES string of the molecule is CCCO[C@H]1COC[C@H](N(C(=O)OC(C)(C)C)C(=O)OC(C)(C)C)C(=O)O[C@@H](C)[C@@H]1Oc1ccccc1. The average molecular weight is 524 g/mol. The molecule has 0 N–H and O–H groups in total. The number of hydrogen-bond donors (Lipinski definition) is 0. The van der Waals surface area contributed by atoms with Crippen molar-refractivity contribution in [3.8, 4) is 5.75 Å². The molecule has 2 rings (SSSR count). The van der Waals surface area contributed by atoms with Crippen LogP contribution in [0.1, 0.15) is 61.8 Å². The fourth-order valence-electron chi connectivity index (χ4n) is 3.46. The van der Waals surface area contributed by atoms with Gasteiger partial charge in [-0.25, -0.2) is 14.4 Å². The van der Waals surface area contributed by atoms with Crippen LogP contribution in [0.3, 0.4) is 0 Å². The van der Waals surface area contributed by atoms with E-state index in [1.807, 2.05) is 25.1 Å². The molecule has 0 radical (unpaired) electrons. The molecule has 1 aromatic carbocycles. The van der Waals surface area contributed by atoms with E-state index >= 15 is 0 Å². The highest BCUT2D eigenvalue weighted by atomic mass is 16.6. The number of amides is 2. The highest BCUT2D eigenvalue weighted by molar-refractivity contribution is 5.94. The van der Waals surface area contributed by atoms with Crippen LogP contribution in [0.2, 0.25) is 0 Å². The number of esters is 1. The van der Waals surface area contributed by atoms with Gasteiger partial charge in [-0.05, 0) is 67.0 Å². The van der Waals surface area contributed by atoms with E-state index in [2.05, 4.69) is 0 Å². The summed E-state index contributed by atoms with van der Waals surface area (Å²) < 4.78 is 34.6. The fourth-order valence-corrected chi connectivity index (χ4v) is 3.46. The molecule has 0 unspecified atom stereocenters. The first-order chi connectivity index (χ1) is 17.2. The fraction of sp³-hybridized carbons (Fsp3) is 0.667. The van der Waals surface area contributed by atoms with Crippen molar-refractivity contribution >= 4 is 18.2 Å². The van der Waals surface area contributed by atoms with Crippen molar-refractivity contribution in [3.63, 3.8) is 0 Å². The summed E-state index contributed by atoms with van der Waals surface area (Å²) in [6, 6.07) is 7.64. The Labute approximate surface area is 219 Å². The summed E-state index contributed by atoms with van der Waals surface area (Å²) in [4.78, 5) is 40.2. The summed E-state index contributed by atoms with van der Waals surface area (Å²) in [6.45, 7) is 13.7. The maximum atomic E-state index is 13.4. The van der Waals surface area contributed by atoms with Crippen molar-refractivity contribution < 1.29 is 42.8 Å². The number of ether oxygens (including phenoxy) is 6. The molecule has 10 nitrogen and oxygen atoms in total. The topological polar surface area (TPSA) is 110 Å². The van der Waals surface area contributed by atoms with Crippen LogP contribution in [0.15, 0.2) is 30.3 Å². The van der Waals surface area contributed by atoms with E-state index in [0.29, 0.717) is 17.3 Å². The molecule has 1 aromatic rings. The van der Waals surface area contributed by atoms with Gasteiger partial charge in [-0.1, -0.05) is 25.1 Å². The third-order valence-corrected chi connectivity index (χ3v) is 5.00. The van der Waals surface area contributed by atoms with E-state index < -0.39 is 53.7 Å². The largest absolute Gasteiger partial charge is 0.484 e. The summed E-state index contributed by atoms with van der Waals surface area (Å²) in [5.74, 6) is -0.289. The molecule has 208 valence electrons. The number of nitrogens with zero attached hydrogens (tertiary/aromatic N) is 1. The molecule has 0 aliphatic carbocycles. The Morgan fingerprint density at radius 3 is 2.05 bits per heavy atom. The van der Waals surface area contributed by atoms with Gasteiger partial charge >= 0.3 is 18.2 Å². The summed E-state index contributed by atoms with van der Waals surface area (Å²) in [6.07, 6.45) is -3.44. The second kappa shape index (κ2) is 13.1. The van der Waals surface area contributed by atoms with Crippen molar-refractivity contribution in [3.05, 3.63) is 30.3 Å². The van der Waals surface area contributed by atoms with Gasteiger partial charge in [-0.3, -0.25) is 0 Å². The first-order valence-corrected chi connectivity index (χ1v) is 12.6. The second-order valence-electron chi connectivity index (χ2n) is 10.8. The Morgan fingerprint density at radius 2 is 1.54 bits per heavy atom. The van der Waals surface area contributed by atoms with Crippen LogP contribution in [0.5, 0.6) is 5.75 Å². The third kappa shape index (κ3) is 9.85. The Bertz CT molecular complexity index is 863. The molecule has 0 bridgehead atoms. The van der Waals surface area contributed by atoms with E-state index in [-0.39, 0.29) is 13.2 Å². The molecule has 37 heavy (non-hydrogen) atoms. The number of hydrogen-bond acceptors (Lipinski definition) is 9. The monoisotopic (exact) mass is 523 g/mol. The van der Waals surface area contributed by atoms with Gasteiger partial charge in [-0.2, -0.15) is 4.90 Å². The van der Waals surface area contributed by atoms with Gasteiger partial charge < -0.3 is 28.4 Å². The number of cyclic esters (lactones) is 1. The molecule has 0 aromatic heterocycles. The Hall–Kier alpha value is -2.85. The minimum atomic E-state index is -1.45. The summed E-state index contributed by atoms with van der Waals surface area (Å²) in [7, 11) is 0. The quantitative estimate of drug-likeness (QED) is 0.386. The molecule has 1 aliphatic heterocycles. The molecule has 0 saturated carbocycles. The standard InChI is InChI=1S/C27H41NO9/c1-9-15-33-21-17-32-16-20(23(29)34-18(2)22(21)35-19-13-11-10-12-14-19)28(24(30)36-26(3,4)5)25(31)37-27(6,7)8/h10-14,18,20-22H,9,15-17H2,1-8H3/t18-,20-,21-,22-/m0/s1. The Balaban J connectivity index is 2.38. The zero-order valence-corrected chi connectivity index (χ0v) is 23.1. The van der Waals surface area contributed by atoms with Gasteiger partial charge in [0, 0.05) is 6.61 Å². The molecule has 1 heterocycles. The average Bonchev–Trinajstić information content (AvgIpc) is 2.81. The Morgan fingerprint density at radius 1 is 0.973 bits per heavy atom. The van der Waals surface area contributed by atoms with Crippen LogP contribution in [-0.4, -0.2) is 78.4 Å². The van der Waals surface area contributed by atoms with Crippen LogP contribution in [0, 0.1) is 0 Å². The summed E-state index contributed by atoms with van der Waals surface area (Å²) in [5.41, 5.74) is -1.86. The number of para-hydroxylation sites is 1. The lowest BCUT2D eigenvalue weighted by molar-refractivity contribution is -0.162. The van der Waals surface area contributed by atoms with Crippen LogP contribution in [-0.2, 0) is 28.5 Å². The van der Waals surface area contributed by atoms with E-state index in [0.717, 1.165) is 6.42 Å². The third-order valence-electron chi connectivity index (χ3n) is 5.00. The molecule has 1 aliphatic rings. The van der Waals surface area contributed by atoms with E-state index in [1.54, 1.807) is 60.6 Å². The lowest BCUT2D eigenvalue weighted by atomic mass is 10.1. The number of imide groups is 1. The van der Waals surface area contributed by atoms with Gasteiger partial charge in [0.05, 0.1) is 13.2 Å². The molecular weight excluding hydrogens is 482 g/mol. The maximum Gasteiger partial charge on any atom is 0.420 e. The van der Waals surface area contributed by atoms with E-state index in [1.165, 1.54) is 0 Å². The predicted molar refractivity (Wildman–Crippen MR) is 135 cm³/mol. The summed E-state index contributed by atoms with van der Waals surface area (Å²) >= 11 is 0. The van der Waals surface area contributed by atoms with E-state index in [4.69, 9.17) is 28.4 Å². The summed E-state index contributed by atoms with van der Waals surface area (Å²) in [5, 5.41) is 0. The van der Waals surface area contributed by atoms with Crippen molar-refractivity contribution in [2.75, 3.05) is 19.8 Å². The molecular formula is C27H41NO9. The van der Waals surface area contributed by atoms with Crippen molar-refractivity contribution in [1.29, 1.82) is 0 Å². The zero-order chi connectivity index (χ0) is 27.8. The van der Waals surface area contributed by atoms with Gasteiger partial charge in [0.1, 0.15) is 29.2 Å². The van der Waals surface area contributed by atoms with E-state index in [9.17, 15) is 14.4 Å². The number of carbonyl (C=O) groups is 3. The molecule has 4 atom stereocenters. The minimum absolute atomic E-state index is 0.0332. The van der Waals surface area contributed by atoms with Crippen molar-refractivity contribution in [2.45, 2.75) is 97.4 Å². The number of carbonyl (C=O) groups excluding carboxylic acids is 3. The highest BCUT2D eigenvalue weighted by Crippen LogP contribution is 2.23. The van der Waals surface area contributed by atoms with Gasteiger partial charge in [0.25, 0.3) is 0 Å². The first kappa shape index (κ1) is 30.4. The predicted octanol–water partition coefficient (Wildman–Crippen LogP) is 4.73.